The summed E-state index contributed by atoms with van der Waals surface area (Å²) < 4.78 is 102. The Hall–Kier alpha value is -4.10. The van der Waals surface area contributed by atoms with Crippen molar-refractivity contribution in [2.24, 2.45) is 5.11 Å². The molecule has 0 bridgehead atoms. The van der Waals surface area contributed by atoms with Gasteiger partial charge in [0.1, 0.15) is 6.54 Å². The number of allylic oxidation sites excluding steroid dienone is 4. The van der Waals surface area contributed by atoms with E-state index in [1.807, 2.05) is 50.5 Å². The lowest BCUT2D eigenvalue weighted by Crippen LogP contribution is -2.29. The van der Waals surface area contributed by atoms with Gasteiger partial charge in [0.2, 0.25) is 11.6 Å². The number of hydrogen-bond acceptors (Lipinski definition) is 9. The van der Waals surface area contributed by atoms with Gasteiger partial charge in [0, 0.05) is 71.9 Å². The minimum atomic E-state index is -4.51. The number of fused-ring (bicyclic) bond motifs is 2. The minimum absolute atomic E-state index is 0.0676. The number of benzene rings is 2. The number of anilines is 1. The van der Waals surface area contributed by atoms with E-state index >= 15 is 0 Å². The second kappa shape index (κ2) is 16.7. The summed E-state index contributed by atoms with van der Waals surface area (Å²) in [6.07, 6.45) is 8.53. The standard InChI is InChI=1S/C35H46N6O10S3/c1-34(2)27-23-25(53(46,47)48)14-16-29(27)40(20-7-5-6-13-33(42)37-18-9-19-38-39-36)31(34)11-8-12-32-35(3,4)28-24-26(54(49,50)51)15-17-30(28)41(32)21-10-22-52(43,44)45/h8,11-12,14-17,23-24H,5-7,9-10,13,18-22H2,1-4H3,(H3-,37,42,43,44,45,46,47,48,49,50,51)/p+1. The quantitative estimate of drug-likeness (QED) is 0.0368. The normalized spacial score (nSPS) is 17.2. The smallest absolute Gasteiger partial charge is 0.294 e. The zero-order valence-electron chi connectivity index (χ0n) is 30.6. The molecule has 0 aromatic heterocycles. The third kappa shape index (κ3) is 10.1. The second-order valence-corrected chi connectivity index (χ2v) is 18.7. The summed E-state index contributed by atoms with van der Waals surface area (Å²) in [5.74, 6) is -0.581. The molecule has 16 nitrogen and oxygen atoms in total. The molecule has 294 valence electrons. The summed E-state index contributed by atoms with van der Waals surface area (Å²) in [7, 11) is -13.2. The van der Waals surface area contributed by atoms with Gasteiger partial charge in [-0.05, 0) is 80.6 Å². The van der Waals surface area contributed by atoms with Crippen LogP contribution in [0.1, 0.15) is 77.3 Å². The Morgan fingerprint density at radius 3 is 2.17 bits per heavy atom. The molecule has 1 amide bonds. The van der Waals surface area contributed by atoms with E-state index in [-0.39, 0.29) is 28.7 Å². The van der Waals surface area contributed by atoms with Crippen molar-refractivity contribution in [3.05, 3.63) is 81.9 Å². The van der Waals surface area contributed by atoms with Gasteiger partial charge in [-0.1, -0.05) is 31.5 Å². The second-order valence-electron chi connectivity index (χ2n) is 14.3. The molecule has 2 aromatic rings. The number of rotatable bonds is 18. The lowest BCUT2D eigenvalue weighted by atomic mass is 9.81. The van der Waals surface area contributed by atoms with E-state index in [2.05, 4.69) is 20.2 Å². The van der Waals surface area contributed by atoms with Crippen molar-refractivity contribution >= 4 is 53.3 Å². The molecule has 54 heavy (non-hydrogen) atoms. The fraction of sp³-hybridized carbons (Fsp3) is 0.486. The molecule has 2 aromatic carbocycles. The molecule has 4 rings (SSSR count). The molecule has 4 N–H and O–H groups in total. The zero-order valence-corrected chi connectivity index (χ0v) is 33.1. The first kappa shape index (κ1) is 42.6. The van der Waals surface area contributed by atoms with Crippen LogP contribution in [0.15, 0.2) is 75.2 Å². The van der Waals surface area contributed by atoms with E-state index in [4.69, 9.17) is 5.53 Å². The number of carbonyl (C=O) groups excluding carboxylic acids is 1. The zero-order chi connectivity index (χ0) is 40.1. The van der Waals surface area contributed by atoms with E-state index in [9.17, 15) is 43.7 Å². The molecule has 0 saturated carbocycles. The van der Waals surface area contributed by atoms with Crippen molar-refractivity contribution < 1.29 is 48.3 Å². The first-order valence-electron chi connectivity index (χ1n) is 17.4. The Balaban J connectivity index is 1.65. The van der Waals surface area contributed by atoms with Crippen LogP contribution in [0.5, 0.6) is 0 Å². The number of carbonyl (C=O) groups is 1. The van der Waals surface area contributed by atoms with E-state index in [0.29, 0.717) is 67.8 Å². The van der Waals surface area contributed by atoms with Crippen molar-refractivity contribution in [1.82, 2.24) is 5.32 Å². The van der Waals surface area contributed by atoms with Gasteiger partial charge in [0.05, 0.1) is 21.0 Å². The van der Waals surface area contributed by atoms with Gasteiger partial charge in [-0.3, -0.25) is 18.5 Å². The maximum atomic E-state index is 12.2. The predicted octanol–water partition coefficient (Wildman–Crippen LogP) is 5.45. The van der Waals surface area contributed by atoms with Gasteiger partial charge in [-0.25, -0.2) is 0 Å². The molecule has 0 saturated heterocycles. The van der Waals surface area contributed by atoms with Gasteiger partial charge < -0.3 is 10.2 Å². The average molecular weight is 808 g/mol. The van der Waals surface area contributed by atoms with E-state index in [1.165, 1.54) is 24.3 Å². The lowest BCUT2D eigenvalue weighted by molar-refractivity contribution is -0.437. The third-order valence-electron chi connectivity index (χ3n) is 9.72. The average Bonchev–Trinajstić information content (AvgIpc) is 3.41. The highest BCUT2D eigenvalue weighted by Gasteiger charge is 2.45. The molecular formula is C35H47N6O10S3+. The van der Waals surface area contributed by atoms with Crippen LogP contribution in [0.25, 0.3) is 10.4 Å². The lowest BCUT2D eigenvalue weighted by Gasteiger charge is -2.27. The highest BCUT2D eigenvalue weighted by atomic mass is 32.2. The maximum absolute atomic E-state index is 12.2. The van der Waals surface area contributed by atoms with Crippen LogP contribution < -0.4 is 10.2 Å². The summed E-state index contributed by atoms with van der Waals surface area (Å²) in [6, 6.07) is 8.68. The van der Waals surface area contributed by atoms with Crippen LogP contribution in [0.3, 0.4) is 0 Å². The maximum Gasteiger partial charge on any atom is 0.294 e. The number of unbranched alkanes of at least 4 members (excludes halogenated alkanes) is 2. The summed E-state index contributed by atoms with van der Waals surface area (Å²) in [5.41, 5.74) is 11.0. The largest absolute Gasteiger partial charge is 0.356 e. The third-order valence-corrected chi connectivity index (χ3v) is 12.2. The molecule has 2 aliphatic heterocycles. The van der Waals surface area contributed by atoms with Crippen LogP contribution in [0, 0.1) is 0 Å². The van der Waals surface area contributed by atoms with Crippen molar-refractivity contribution in [2.75, 3.05) is 36.8 Å². The number of azide groups is 1. The van der Waals surface area contributed by atoms with Gasteiger partial charge in [-0.2, -0.15) is 29.8 Å². The van der Waals surface area contributed by atoms with Gasteiger partial charge in [-0.15, -0.1) is 0 Å². The predicted molar refractivity (Wildman–Crippen MR) is 204 cm³/mol. The van der Waals surface area contributed by atoms with Crippen LogP contribution in [-0.4, -0.2) is 87.0 Å². The molecule has 0 atom stereocenters. The summed E-state index contributed by atoms with van der Waals surface area (Å²) in [5, 5.41) is 6.26. The first-order valence-corrected chi connectivity index (χ1v) is 21.9. The van der Waals surface area contributed by atoms with E-state index in [0.717, 1.165) is 17.8 Å². The highest BCUT2D eigenvalue weighted by molar-refractivity contribution is 7.86. The van der Waals surface area contributed by atoms with Crippen molar-refractivity contribution in [3.63, 3.8) is 0 Å². The molecule has 2 heterocycles. The van der Waals surface area contributed by atoms with Crippen molar-refractivity contribution in [2.45, 2.75) is 86.8 Å². The first-order chi connectivity index (χ1) is 25.1. The molecule has 0 unspecified atom stereocenters. The molecule has 0 spiro atoms. The Kier molecular flexibility index (Phi) is 13.2. The molecule has 19 heteroatoms. The Morgan fingerprint density at radius 1 is 0.889 bits per heavy atom. The van der Waals surface area contributed by atoms with Gasteiger partial charge >= 0.3 is 0 Å². The van der Waals surface area contributed by atoms with Crippen LogP contribution in [0.4, 0.5) is 11.4 Å². The fourth-order valence-electron chi connectivity index (χ4n) is 6.99. The molecule has 0 aliphatic carbocycles. The Morgan fingerprint density at radius 2 is 1.54 bits per heavy atom. The molecule has 0 radical (unpaired) electrons. The van der Waals surface area contributed by atoms with Crippen LogP contribution in [-0.2, 0) is 46.0 Å². The Bertz CT molecular complexity index is 2260. The van der Waals surface area contributed by atoms with Gasteiger partial charge in [0.15, 0.2) is 5.71 Å². The van der Waals surface area contributed by atoms with Gasteiger partial charge in [0.25, 0.3) is 30.4 Å². The highest BCUT2D eigenvalue weighted by Crippen LogP contribution is 2.49. The number of nitrogens with one attached hydrogen (secondary N) is 1. The SMILES string of the molecule is CC1(C)C(/C=C/C=C2\N(CCCCCC(=O)NCCCN=[N+]=[N-])c3ccc(S(=O)(=O)O)cc3C2(C)C)=[N+](CCCS(=O)(=O)O)c2ccc(S(=O)(=O)O)cc21. The van der Waals surface area contributed by atoms with Crippen molar-refractivity contribution in [3.8, 4) is 0 Å². The number of nitrogens with zero attached hydrogens (tertiary/aromatic N) is 5. The Labute approximate surface area is 316 Å². The minimum Gasteiger partial charge on any atom is -0.356 e. The number of hydrogen-bond donors (Lipinski definition) is 4. The van der Waals surface area contributed by atoms with E-state index in [1.54, 1.807) is 12.1 Å². The monoisotopic (exact) mass is 807 g/mol. The molecular weight excluding hydrogens is 761 g/mol. The molecule has 0 fully saturated rings. The molecule has 2 aliphatic rings. The van der Waals surface area contributed by atoms with Crippen LogP contribution >= 0.6 is 0 Å². The fourth-order valence-corrected chi connectivity index (χ4v) is 8.50. The van der Waals surface area contributed by atoms with Crippen molar-refractivity contribution in [1.29, 1.82) is 0 Å². The summed E-state index contributed by atoms with van der Waals surface area (Å²) in [6.45, 7) is 9.05. The van der Waals surface area contributed by atoms with Crippen LogP contribution in [0.2, 0.25) is 0 Å². The topological polar surface area (TPSA) is 247 Å². The summed E-state index contributed by atoms with van der Waals surface area (Å²) in [4.78, 5) is 16.5. The van der Waals surface area contributed by atoms with E-state index < -0.39 is 46.9 Å². The number of amides is 1. The summed E-state index contributed by atoms with van der Waals surface area (Å²) >= 11 is 0.